The van der Waals surface area contributed by atoms with Crippen LogP contribution in [0.1, 0.15) is 31.9 Å². The SMILES string of the molecule is Cc1cc(CC(=O)C(C)(C)C)ccc1Cl. The van der Waals surface area contributed by atoms with Gasteiger partial charge in [0.25, 0.3) is 0 Å². The number of aryl methyl sites for hydroxylation is 1. The van der Waals surface area contributed by atoms with Gasteiger partial charge in [-0.05, 0) is 24.1 Å². The molecule has 1 aromatic carbocycles. The molecule has 15 heavy (non-hydrogen) atoms. The molecule has 0 aliphatic heterocycles. The lowest BCUT2D eigenvalue weighted by Crippen LogP contribution is -2.22. The van der Waals surface area contributed by atoms with Gasteiger partial charge < -0.3 is 0 Å². The van der Waals surface area contributed by atoms with Crippen molar-refractivity contribution in [1.82, 2.24) is 0 Å². The molecule has 0 heterocycles. The zero-order chi connectivity index (χ0) is 11.6. The van der Waals surface area contributed by atoms with E-state index in [4.69, 9.17) is 11.6 Å². The van der Waals surface area contributed by atoms with E-state index in [0.29, 0.717) is 6.42 Å². The average molecular weight is 225 g/mol. The minimum Gasteiger partial charge on any atom is -0.299 e. The molecule has 82 valence electrons. The van der Waals surface area contributed by atoms with Crippen molar-refractivity contribution in [2.24, 2.45) is 5.41 Å². The lowest BCUT2D eigenvalue weighted by molar-refractivity contribution is -0.125. The van der Waals surface area contributed by atoms with Crippen molar-refractivity contribution in [1.29, 1.82) is 0 Å². The predicted molar refractivity (Wildman–Crippen MR) is 64.4 cm³/mol. The molecule has 0 bridgehead atoms. The van der Waals surface area contributed by atoms with Crippen LogP contribution in [0.25, 0.3) is 0 Å². The maximum Gasteiger partial charge on any atom is 0.142 e. The zero-order valence-corrected chi connectivity index (χ0v) is 10.5. The Kier molecular flexibility index (Phi) is 3.56. The van der Waals surface area contributed by atoms with Gasteiger partial charge in [-0.25, -0.2) is 0 Å². The third kappa shape index (κ3) is 3.35. The molecule has 1 aromatic rings. The lowest BCUT2D eigenvalue weighted by Gasteiger charge is -2.16. The van der Waals surface area contributed by atoms with E-state index in [2.05, 4.69) is 0 Å². The first-order chi connectivity index (χ1) is 6.80. The number of Topliss-reactive ketones (excluding diaryl/α,β-unsaturated/α-hetero) is 1. The second-order valence-electron chi connectivity index (χ2n) is 4.93. The van der Waals surface area contributed by atoms with E-state index in [1.165, 1.54) is 0 Å². The Bertz CT molecular complexity index is 375. The van der Waals surface area contributed by atoms with Crippen molar-refractivity contribution in [2.45, 2.75) is 34.1 Å². The van der Waals surface area contributed by atoms with E-state index >= 15 is 0 Å². The molecule has 0 radical (unpaired) electrons. The van der Waals surface area contributed by atoms with Crippen LogP contribution in [0.3, 0.4) is 0 Å². The summed E-state index contributed by atoms with van der Waals surface area (Å²) in [5.74, 6) is 0.254. The highest BCUT2D eigenvalue weighted by Crippen LogP contribution is 2.21. The molecule has 0 aliphatic rings. The number of ketones is 1. The van der Waals surface area contributed by atoms with Gasteiger partial charge in [0.15, 0.2) is 0 Å². The number of benzene rings is 1. The van der Waals surface area contributed by atoms with E-state index in [1.54, 1.807) is 0 Å². The fourth-order valence-electron chi connectivity index (χ4n) is 1.27. The summed E-state index contributed by atoms with van der Waals surface area (Å²) in [7, 11) is 0. The summed E-state index contributed by atoms with van der Waals surface area (Å²) in [6, 6.07) is 5.74. The third-order valence-electron chi connectivity index (χ3n) is 2.42. The Morgan fingerprint density at radius 1 is 1.33 bits per heavy atom. The van der Waals surface area contributed by atoms with E-state index in [9.17, 15) is 4.79 Å². The van der Waals surface area contributed by atoms with Gasteiger partial charge in [0.1, 0.15) is 5.78 Å². The van der Waals surface area contributed by atoms with Crippen LogP contribution < -0.4 is 0 Å². The fourth-order valence-corrected chi connectivity index (χ4v) is 1.38. The van der Waals surface area contributed by atoms with Gasteiger partial charge in [0, 0.05) is 16.9 Å². The molecule has 0 aliphatic carbocycles. The molecule has 0 unspecified atom stereocenters. The number of hydrogen-bond acceptors (Lipinski definition) is 1. The van der Waals surface area contributed by atoms with Crippen LogP contribution in [0.4, 0.5) is 0 Å². The highest BCUT2D eigenvalue weighted by molar-refractivity contribution is 6.31. The number of halogens is 1. The molecule has 0 aromatic heterocycles. The highest BCUT2D eigenvalue weighted by Gasteiger charge is 2.21. The highest BCUT2D eigenvalue weighted by atomic mass is 35.5. The Morgan fingerprint density at radius 2 is 1.93 bits per heavy atom. The minimum atomic E-state index is -0.270. The normalized spacial score (nSPS) is 11.5. The molecule has 0 saturated heterocycles. The number of carbonyl (C=O) groups is 1. The summed E-state index contributed by atoms with van der Waals surface area (Å²) in [5, 5.41) is 0.752. The van der Waals surface area contributed by atoms with Crippen LogP contribution >= 0.6 is 11.6 Å². The Labute approximate surface area is 96.5 Å². The summed E-state index contributed by atoms with van der Waals surface area (Å²) in [5.41, 5.74) is 1.79. The van der Waals surface area contributed by atoms with Gasteiger partial charge in [0.05, 0.1) is 0 Å². The predicted octanol–water partition coefficient (Wildman–Crippen LogP) is 3.81. The molecular formula is C13H17ClO. The van der Waals surface area contributed by atoms with Crippen LogP contribution in [-0.4, -0.2) is 5.78 Å². The number of carbonyl (C=O) groups excluding carboxylic acids is 1. The van der Waals surface area contributed by atoms with Gasteiger partial charge in [-0.2, -0.15) is 0 Å². The van der Waals surface area contributed by atoms with E-state index in [-0.39, 0.29) is 11.2 Å². The molecule has 0 spiro atoms. The van der Waals surface area contributed by atoms with Crippen LogP contribution in [0.15, 0.2) is 18.2 Å². The first-order valence-corrected chi connectivity index (χ1v) is 5.47. The monoisotopic (exact) mass is 224 g/mol. The van der Waals surface area contributed by atoms with Crippen molar-refractivity contribution >= 4 is 17.4 Å². The van der Waals surface area contributed by atoms with Crippen molar-refractivity contribution in [3.8, 4) is 0 Å². The van der Waals surface area contributed by atoms with Crippen LogP contribution in [0, 0.1) is 12.3 Å². The van der Waals surface area contributed by atoms with Gasteiger partial charge in [-0.1, -0.05) is 44.5 Å². The van der Waals surface area contributed by atoms with Gasteiger partial charge >= 0.3 is 0 Å². The molecule has 2 heteroatoms. The maximum atomic E-state index is 11.8. The van der Waals surface area contributed by atoms with Crippen molar-refractivity contribution in [3.63, 3.8) is 0 Å². The zero-order valence-electron chi connectivity index (χ0n) is 9.73. The summed E-state index contributed by atoms with van der Waals surface area (Å²) < 4.78 is 0. The van der Waals surface area contributed by atoms with Gasteiger partial charge in [-0.3, -0.25) is 4.79 Å². The molecule has 1 nitrogen and oxygen atoms in total. The summed E-state index contributed by atoms with van der Waals surface area (Å²) in [4.78, 5) is 11.8. The first-order valence-electron chi connectivity index (χ1n) is 5.09. The van der Waals surface area contributed by atoms with Crippen molar-refractivity contribution in [2.75, 3.05) is 0 Å². The second-order valence-corrected chi connectivity index (χ2v) is 5.34. The lowest BCUT2D eigenvalue weighted by atomic mass is 9.87. The molecule has 0 saturated carbocycles. The fraction of sp³-hybridized carbons (Fsp3) is 0.462. The maximum absolute atomic E-state index is 11.8. The Balaban J connectivity index is 2.83. The molecule has 0 N–H and O–H groups in total. The molecule has 0 atom stereocenters. The Morgan fingerprint density at radius 3 is 2.40 bits per heavy atom. The first kappa shape index (κ1) is 12.3. The van der Waals surface area contributed by atoms with Crippen LogP contribution in [-0.2, 0) is 11.2 Å². The van der Waals surface area contributed by atoms with Crippen molar-refractivity contribution < 1.29 is 4.79 Å². The summed E-state index contributed by atoms with van der Waals surface area (Å²) in [6.45, 7) is 7.78. The van der Waals surface area contributed by atoms with Crippen molar-refractivity contribution in [3.05, 3.63) is 34.3 Å². The van der Waals surface area contributed by atoms with Crippen LogP contribution in [0.2, 0.25) is 5.02 Å². The quantitative estimate of drug-likeness (QED) is 0.747. The van der Waals surface area contributed by atoms with Gasteiger partial charge in [0.2, 0.25) is 0 Å². The third-order valence-corrected chi connectivity index (χ3v) is 2.85. The minimum absolute atomic E-state index is 0.254. The Hall–Kier alpha value is -0.820. The molecule has 0 amide bonds. The van der Waals surface area contributed by atoms with E-state index in [0.717, 1.165) is 16.1 Å². The largest absolute Gasteiger partial charge is 0.299 e. The van der Waals surface area contributed by atoms with E-state index < -0.39 is 0 Å². The second kappa shape index (κ2) is 4.36. The number of rotatable bonds is 2. The summed E-state index contributed by atoms with van der Waals surface area (Å²) >= 11 is 5.92. The number of hydrogen-bond donors (Lipinski definition) is 0. The van der Waals surface area contributed by atoms with E-state index in [1.807, 2.05) is 45.9 Å². The molecular weight excluding hydrogens is 208 g/mol. The smallest absolute Gasteiger partial charge is 0.142 e. The molecule has 0 fully saturated rings. The topological polar surface area (TPSA) is 17.1 Å². The summed E-state index contributed by atoms with van der Waals surface area (Å²) in [6.07, 6.45) is 0.488. The van der Waals surface area contributed by atoms with Gasteiger partial charge in [-0.15, -0.1) is 0 Å². The van der Waals surface area contributed by atoms with Crippen LogP contribution in [0.5, 0.6) is 0 Å². The molecule has 1 rings (SSSR count). The average Bonchev–Trinajstić information content (AvgIpc) is 2.10. The standard InChI is InChI=1S/C13H17ClO/c1-9-7-10(5-6-11(9)14)8-12(15)13(2,3)4/h5-7H,8H2,1-4H3.